The molecule has 0 aromatic rings. The van der Waals surface area contributed by atoms with Gasteiger partial charge in [0.25, 0.3) is 7.82 Å². The van der Waals surface area contributed by atoms with Crippen LogP contribution in [0.25, 0.3) is 0 Å². The van der Waals surface area contributed by atoms with E-state index in [4.69, 9.17) is 9.05 Å². The summed E-state index contributed by atoms with van der Waals surface area (Å²) in [6.07, 6.45) is 33.7. The third kappa shape index (κ3) is 38.5. The molecule has 2 amide bonds. The zero-order valence-corrected chi connectivity index (χ0v) is 35.2. The number of nitrogens with zero attached hydrogens (tertiary/aromatic N) is 1. The van der Waals surface area contributed by atoms with E-state index in [2.05, 4.69) is 24.5 Å². The molecule has 0 heterocycles. The predicted octanol–water partition coefficient (Wildman–Crippen LogP) is 10.1. The van der Waals surface area contributed by atoms with Crippen LogP contribution >= 0.6 is 7.82 Å². The molecular formula is C41H84N3O6P. The van der Waals surface area contributed by atoms with E-state index in [1.54, 1.807) is 0 Å². The lowest BCUT2D eigenvalue weighted by atomic mass is 10.0. The topological polar surface area (TPSA) is 117 Å². The molecular weight excluding hydrogens is 661 g/mol. The quantitative estimate of drug-likeness (QED) is 0.0368. The van der Waals surface area contributed by atoms with Gasteiger partial charge in [-0.3, -0.25) is 14.2 Å². The highest BCUT2D eigenvalue weighted by Crippen LogP contribution is 2.38. The van der Waals surface area contributed by atoms with Gasteiger partial charge in [0.15, 0.2) is 0 Å². The van der Waals surface area contributed by atoms with Crippen LogP contribution in [0.15, 0.2) is 0 Å². The Morgan fingerprint density at radius 3 is 1.33 bits per heavy atom. The van der Waals surface area contributed by atoms with Gasteiger partial charge in [-0.1, -0.05) is 168 Å². The standard InChI is InChI=1S/C41H84N3O6P/c1-6-8-10-12-14-16-18-20-22-24-26-28-30-33-40(45)42-37-39(38-50-51(47,48)49-36-32-35-44(3,4)5)43-41(46)34-31-29-27-25-23-21-19-17-15-13-11-9-7-2/h39H,6-38H2,1-5H3,(H2-,42,43,45,46,47,48). The summed E-state index contributed by atoms with van der Waals surface area (Å²) in [5.74, 6) is -0.238. The van der Waals surface area contributed by atoms with Crippen LogP contribution in [0.5, 0.6) is 0 Å². The maximum atomic E-state index is 12.8. The summed E-state index contributed by atoms with van der Waals surface area (Å²) < 4.78 is 23.4. The number of quaternary nitrogens is 1. The lowest BCUT2D eigenvalue weighted by Gasteiger charge is -2.27. The van der Waals surface area contributed by atoms with E-state index in [-0.39, 0.29) is 31.6 Å². The summed E-state index contributed by atoms with van der Waals surface area (Å²) in [6, 6.07) is -0.660. The van der Waals surface area contributed by atoms with Gasteiger partial charge in [0.05, 0.1) is 46.9 Å². The van der Waals surface area contributed by atoms with Crippen LogP contribution in [0.4, 0.5) is 0 Å². The van der Waals surface area contributed by atoms with Crippen LogP contribution in [-0.2, 0) is 23.2 Å². The van der Waals surface area contributed by atoms with Crippen molar-refractivity contribution in [2.75, 3.05) is 47.4 Å². The first-order valence-corrected chi connectivity index (χ1v) is 22.9. The molecule has 2 unspecified atom stereocenters. The fraction of sp³-hybridized carbons (Fsp3) is 0.951. The molecule has 0 aromatic heterocycles. The summed E-state index contributed by atoms with van der Waals surface area (Å²) in [4.78, 5) is 37.8. The van der Waals surface area contributed by atoms with Crippen LogP contribution in [-0.4, -0.2) is 69.8 Å². The van der Waals surface area contributed by atoms with E-state index in [9.17, 15) is 19.0 Å². The Labute approximate surface area is 315 Å². The molecule has 0 spiro atoms. The molecule has 0 aliphatic rings. The monoisotopic (exact) mass is 746 g/mol. The van der Waals surface area contributed by atoms with Crippen LogP contribution in [0, 0.1) is 0 Å². The van der Waals surface area contributed by atoms with Crippen molar-refractivity contribution in [1.82, 2.24) is 10.6 Å². The Kier molecular flexibility index (Phi) is 34.1. The number of unbranched alkanes of at least 4 members (excludes halogenated alkanes) is 24. The molecule has 9 nitrogen and oxygen atoms in total. The van der Waals surface area contributed by atoms with Gasteiger partial charge >= 0.3 is 0 Å². The number of amides is 2. The van der Waals surface area contributed by atoms with Crippen molar-refractivity contribution in [2.24, 2.45) is 0 Å². The number of hydrogen-bond donors (Lipinski definition) is 2. The molecule has 0 bridgehead atoms. The second-order valence-corrected chi connectivity index (χ2v) is 17.4. The largest absolute Gasteiger partial charge is 0.756 e. The van der Waals surface area contributed by atoms with Crippen molar-refractivity contribution < 1.29 is 32.6 Å². The Hall–Kier alpha value is -0.990. The average molecular weight is 746 g/mol. The van der Waals surface area contributed by atoms with Crippen LogP contribution in [0.3, 0.4) is 0 Å². The van der Waals surface area contributed by atoms with E-state index < -0.39 is 13.9 Å². The number of carbonyl (C=O) groups excluding carboxylic acids is 2. The van der Waals surface area contributed by atoms with Gasteiger partial charge in [-0.2, -0.15) is 0 Å². The van der Waals surface area contributed by atoms with Crippen LogP contribution in [0.1, 0.15) is 200 Å². The minimum absolute atomic E-state index is 0.0439. The average Bonchev–Trinajstić information content (AvgIpc) is 3.08. The zero-order valence-electron chi connectivity index (χ0n) is 34.3. The maximum absolute atomic E-state index is 12.8. The van der Waals surface area contributed by atoms with Gasteiger partial charge in [0.1, 0.15) is 0 Å². The smallest absolute Gasteiger partial charge is 0.267 e. The van der Waals surface area contributed by atoms with Crippen molar-refractivity contribution in [3.05, 3.63) is 0 Å². The highest BCUT2D eigenvalue weighted by molar-refractivity contribution is 7.45. The summed E-state index contributed by atoms with van der Waals surface area (Å²) in [7, 11) is 1.56. The third-order valence-electron chi connectivity index (χ3n) is 9.58. The van der Waals surface area contributed by atoms with Gasteiger partial charge in [-0.25, -0.2) is 0 Å². The molecule has 2 atom stereocenters. The van der Waals surface area contributed by atoms with Crippen LogP contribution < -0.4 is 15.5 Å². The summed E-state index contributed by atoms with van der Waals surface area (Å²) in [5, 5.41) is 5.78. The number of phosphoric acid groups is 1. The number of carbonyl (C=O) groups is 2. The van der Waals surface area contributed by atoms with Gasteiger partial charge in [-0.15, -0.1) is 0 Å². The predicted molar refractivity (Wildman–Crippen MR) is 213 cm³/mol. The highest BCUT2D eigenvalue weighted by atomic mass is 31.2. The number of hydrogen-bond acceptors (Lipinski definition) is 6. The van der Waals surface area contributed by atoms with Crippen LogP contribution in [0.2, 0.25) is 0 Å². The number of nitrogens with one attached hydrogen (secondary N) is 2. The van der Waals surface area contributed by atoms with Gasteiger partial charge in [0.2, 0.25) is 11.8 Å². The van der Waals surface area contributed by atoms with Crippen molar-refractivity contribution in [3.8, 4) is 0 Å². The summed E-state index contributed by atoms with van der Waals surface area (Å²) in [6.45, 7) is 5.16. The molecule has 0 fully saturated rings. The molecule has 0 aromatic carbocycles. The molecule has 0 radical (unpaired) electrons. The second kappa shape index (κ2) is 34.8. The van der Waals surface area contributed by atoms with Gasteiger partial charge in [-0.05, 0) is 12.8 Å². The fourth-order valence-electron chi connectivity index (χ4n) is 6.32. The summed E-state index contributed by atoms with van der Waals surface area (Å²) >= 11 is 0. The van der Waals surface area contributed by atoms with E-state index in [1.165, 1.54) is 128 Å². The zero-order chi connectivity index (χ0) is 37.9. The molecule has 0 saturated carbocycles. The van der Waals surface area contributed by atoms with E-state index in [0.717, 1.165) is 45.1 Å². The number of phosphoric ester groups is 1. The Morgan fingerprint density at radius 2 is 0.941 bits per heavy atom. The minimum Gasteiger partial charge on any atom is -0.756 e. The highest BCUT2D eigenvalue weighted by Gasteiger charge is 2.19. The summed E-state index contributed by atoms with van der Waals surface area (Å²) in [5.41, 5.74) is 0. The van der Waals surface area contributed by atoms with Gasteiger partial charge in [0, 0.05) is 25.8 Å². The molecule has 304 valence electrons. The second-order valence-electron chi connectivity index (χ2n) is 16.0. The fourth-order valence-corrected chi connectivity index (χ4v) is 7.11. The molecule has 10 heteroatoms. The minimum atomic E-state index is -4.54. The first-order chi connectivity index (χ1) is 24.5. The Morgan fingerprint density at radius 1 is 0.569 bits per heavy atom. The first kappa shape index (κ1) is 50.0. The van der Waals surface area contributed by atoms with E-state index in [0.29, 0.717) is 23.7 Å². The molecule has 51 heavy (non-hydrogen) atoms. The first-order valence-electron chi connectivity index (χ1n) is 21.5. The SMILES string of the molecule is CCCCCCCCCCCCCCCC(=O)NCC(COP(=O)([O-])OCCC[N+](C)(C)C)NC(=O)CCCCCCCCCCCCCCC. The third-order valence-corrected chi connectivity index (χ3v) is 10.5. The Bertz CT molecular complexity index is 854. The van der Waals surface area contributed by atoms with E-state index >= 15 is 0 Å². The van der Waals surface area contributed by atoms with Gasteiger partial charge < -0.3 is 29.1 Å². The maximum Gasteiger partial charge on any atom is 0.267 e. The lowest BCUT2D eigenvalue weighted by Crippen LogP contribution is -2.46. The van der Waals surface area contributed by atoms with Crippen molar-refractivity contribution in [1.29, 1.82) is 0 Å². The molecule has 0 aliphatic carbocycles. The Balaban J connectivity index is 4.40. The molecule has 0 rings (SSSR count). The van der Waals surface area contributed by atoms with Crippen molar-refractivity contribution in [3.63, 3.8) is 0 Å². The molecule has 2 N–H and O–H groups in total. The van der Waals surface area contributed by atoms with Crippen molar-refractivity contribution >= 4 is 19.6 Å². The normalized spacial score (nSPS) is 13.6. The lowest BCUT2D eigenvalue weighted by molar-refractivity contribution is -0.870. The molecule has 0 aliphatic heterocycles. The van der Waals surface area contributed by atoms with E-state index in [1.807, 2.05) is 21.1 Å². The number of rotatable bonds is 39. The van der Waals surface area contributed by atoms with Crippen molar-refractivity contribution in [2.45, 2.75) is 206 Å². The molecule has 0 saturated heterocycles.